The van der Waals surface area contributed by atoms with Crippen LogP contribution in [-0.2, 0) is 9.59 Å². The first-order valence-corrected chi connectivity index (χ1v) is 6.89. The van der Waals surface area contributed by atoms with Crippen molar-refractivity contribution < 1.29 is 14.7 Å². The normalized spacial score (nSPS) is 23.0. The van der Waals surface area contributed by atoms with E-state index in [1.165, 1.54) is 0 Å². The van der Waals surface area contributed by atoms with E-state index in [2.05, 4.69) is 0 Å². The number of carboxylic acids is 1. The van der Waals surface area contributed by atoms with Crippen LogP contribution in [0.2, 0.25) is 0 Å². The molecule has 1 saturated heterocycles. The lowest BCUT2D eigenvalue weighted by Gasteiger charge is -2.38. The van der Waals surface area contributed by atoms with Crippen LogP contribution in [0.3, 0.4) is 0 Å². The van der Waals surface area contributed by atoms with Crippen molar-refractivity contribution in [1.29, 1.82) is 0 Å². The van der Waals surface area contributed by atoms with Gasteiger partial charge in [0, 0.05) is 13.5 Å². The van der Waals surface area contributed by atoms with E-state index in [-0.39, 0.29) is 11.9 Å². The monoisotopic (exact) mass is 275 g/mol. The number of hydrogen-bond donors (Lipinski definition) is 1. The predicted molar refractivity (Wildman–Crippen MR) is 76.5 cm³/mol. The Morgan fingerprint density at radius 1 is 1.25 bits per heavy atom. The van der Waals surface area contributed by atoms with Crippen LogP contribution >= 0.6 is 0 Å². The Kier molecular flexibility index (Phi) is 3.84. The van der Waals surface area contributed by atoms with Crippen molar-refractivity contribution in [3.05, 3.63) is 34.4 Å². The summed E-state index contributed by atoms with van der Waals surface area (Å²) in [4.78, 5) is 25.1. The lowest BCUT2D eigenvalue weighted by Crippen LogP contribution is -2.43. The second-order valence-electron chi connectivity index (χ2n) is 5.75. The summed E-state index contributed by atoms with van der Waals surface area (Å²) >= 11 is 0. The van der Waals surface area contributed by atoms with Crippen LogP contribution in [0.1, 0.15) is 41.1 Å². The van der Waals surface area contributed by atoms with Gasteiger partial charge in [-0.2, -0.15) is 0 Å². The predicted octanol–water partition coefficient (Wildman–Crippen LogP) is 2.61. The molecule has 0 aromatic heterocycles. The number of piperidine rings is 1. The van der Waals surface area contributed by atoms with Crippen molar-refractivity contribution in [1.82, 2.24) is 4.90 Å². The maximum atomic E-state index is 12.0. The van der Waals surface area contributed by atoms with E-state index in [9.17, 15) is 14.7 Å². The molecule has 0 saturated carbocycles. The Hall–Kier alpha value is -1.84. The Morgan fingerprint density at radius 3 is 2.30 bits per heavy atom. The second-order valence-corrected chi connectivity index (χ2v) is 5.75. The lowest BCUT2D eigenvalue weighted by molar-refractivity contribution is -0.150. The van der Waals surface area contributed by atoms with Gasteiger partial charge in [0.15, 0.2) is 0 Å². The minimum atomic E-state index is -0.825. The van der Waals surface area contributed by atoms with Gasteiger partial charge in [-0.25, -0.2) is 0 Å². The smallest absolute Gasteiger partial charge is 0.308 e. The fourth-order valence-electron chi connectivity index (χ4n) is 3.35. The van der Waals surface area contributed by atoms with E-state index in [1.807, 2.05) is 32.9 Å². The summed E-state index contributed by atoms with van der Waals surface area (Å²) in [6.45, 7) is 6.00. The molecular weight excluding hydrogens is 254 g/mol. The summed E-state index contributed by atoms with van der Waals surface area (Å²) in [7, 11) is 1.71. The van der Waals surface area contributed by atoms with Gasteiger partial charge in [-0.3, -0.25) is 9.59 Å². The van der Waals surface area contributed by atoms with Crippen molar-refractivity contribution in [3.63, 3.8) is 0 Å². The highest BCUT2D eigenvalue weighted by Crippen LogP contribution is 2.39. The molecule has 2 rings (SSSR count). The summed E-state index contributed by atoms with van der Waals surface area (Å²) in [6.07, 6.45) is 0.726. The maximum Gasteiger partial charge on any atom is 0.308 e. The molecule has 108 valence electrons. The first kappa shape index (κ1) is 14.6. The third kappa shape index (κ3) is 2.42. The summed E-state index contributed by atoms with van der Waals surface area (Å²) in [5.41, 5.74) is 4.25. The number of nitrogens with zero attached hydrogens (tertiary/aromatic N) is 1. The average Bonchev–Trinajstić information content (AvgIpc) is 2.32. The fourth-order valence-corrected chi connectivity index (χ4v) is 3.35. The topological polar surface area (TPSA) is 57.6 Å². The average molecular weight is 275 g/mol. The van der Waals surface area contributed by atoms with Crippen molar-refractivity contribution in [2.75, 3.05) is 7.05 Å². The molecular formula is C16H21NO3. The molecule has 0 radical (unpaired) electrons. The molecule has 2 atom stereocenters. The minimum Gasteiger partial charge on any atom is -0.481 e. The molecule has 1 heterocycles. The van der Waals surface area contributed by atoms with Crippen molar-refractivity contribution in [2.45, 2.75) is 39.7 Å². The van der Waals surface area contributed by atoms with Gasteiger partial charge in [0.2, 0.25) is 5.91 Å². The molecule has 4 nitrogen and oxygen atoms in total. The van der Waals surface area contributed by atoms with Crippen molar-refractivity contribution >= 4 is 11.9 Å². The van der Waals surface area contributed by atoms with Gasteiger partial charge in [0.1, 0.15) is 0 Å². The highest BCUT2D eigenvalue weighted by molar-refractivity contribution is 5.81. The molecule has 1 N–H and O–H groups in total. The third-order valence-electron chi connectivity index (χ3n) is 4.21. The Morgan fingerprint density at radius 2 is 1.80 bits per heavy atom. The number of amides is 1. The zero-order valence-corrected chi connectivity index (χ0v) is 12.4. The number of likely N-dealkylation sites (tertiary alicyclic amines) is 1. The van der Waals surface area contributed by atoms with Gasteiger partial charge in [0.25, 0.3) is 0 Å². The number of aryl methyl sites for hydroxylation is 3. The molecule has 1 aromatic carbocycles. The number of benzene rings is 1. The van der Waals surface area contributed by atoms with Gasteiger partial charge in [-0.1, -0.05) is 17.7 Å². The number of hydrogen-bond acceptors (Lipinski definition) is 2. The van der Waals surface area contributed by atoms with Gasteiger partial charge in [-0.05, 0) is 43.9 Å². The maximum absolute atomic E-state index is 12.0. The van der Waals surface area contributed by atoms with Gasteiger partial charge in [0.05, 0.1) is 12.0 Å². The number of carbonyl (C=O) groups excluding carboxylic acids is 1. The first-order chi connectivity index (χ1) is 9.32. The molecule has 0 aliphatic carbocycles. The van der Waals surface area contributed by atoms with Crippen LogP contribution in [0.25, 0.3) is 0 Å². The molecule has 1 amide bonds. The van der Waals surface area contributed by atoms with Crippen LogP contribution < -0.4 is 0 Å². The SMILES string of the molecule is Cc1cc(C)c(C2C(C(=O)O)CCC(=O)N2C)c(C)c1. The van der Waals surface area contributed by atoms with Gasteiger partial charge in [-0.15, -0.1) is 0 Å². The quantitative estimate of drug-likeness (QED) is 0.902. The van der Waals surface area contributed by atoms with E-state index in [0.717, 1.165) is 22.3 Å². The lowest BCUT2D eigenvalue weighted by atomic mass is 9.81. The molecule has 1 aromatic rings. The molecule has 4 heteroatoms. The summed E-state index contributed by atoms with van der Waals surface area (Å²) in [5.74, 6) is -1.33. The largest absolute Gasteiger partial charge is 0.481 e. The zero-order valence-electron chi connectivity index (χ0n) is 12.4. The van der Waals surface area contributed by atoms with Crippen LogP contribution in [0.15, 0.2) is 12.1 Å². The molecule has 1 aliphatic heterocycles. The van der Waals surface area contributed by atoms with E-state index < -0.39 is 11.9 Å². The highest BCUT2D eigenvalue weighted by atomic mass is 16.4. The highest BCUT2D eigenvalue weighted by Gasteiger charge is 2.40. The first-order valence-electron chi connectivity index (χ1n) is 6.89. The summed E-state index contributed by atoms with van der Waals surface area (Å²) in [6, 6.07) is 3.73. The van der Waals surface area contributed by atoms with E-state index in [0.29, 0.717) is 12.8 Å². The molecule has 1 aliphatic rings. The van der Waals surface area contributed by atoms with E-state index in [1.54, 1.807) is 11.9 Å². The fraction of sp³-hybridized carbons (Fsp3) is 0.500. The molecule has 2 unspecified atom stereocenters. The van der Waals surface area contributed by atoms with E-state index >= 15 is 0 Å². The summed E-state index contributed by atoms with van der Waals surface area (Å²) < 4.78 is 0. The van der Waals surface area contributed by atoms with Gasteiger partial charge < -0.3 is 10.0 Å². The number of carboxylic acid groups (broad SMARTS) is 1. The standard InChI is InChI=1S/C16H21NO3/c1-9-7-10(2)14(11(3)8-9)15-12(16(19)20)5-6-13(18)17(15)4/h7-8,12,15H,5-6H2,1-4H3,(H,19,20). The zero-order chi connectivity index (χ0) is 15.0. The molecule has 20 heavy (non-hydrogen) atoms. The van der Waals surface area contributed by atoms with E-state index in [4.69, 9.17) is 0 Å². The second kappa shape index (κ2) is 5.27. The van der Waals surface area contributed by atoms with Crippen LogP contribution in [0.4, 0.5) is 0 Å². The number of carbonyl (C=O) groups is 2. The number of rotatable bonds is 2. The van der Waals surface area contributed by atoms with Crippen LogP contribution in [-0.4, -0.2) is 28.9 Å². The Bertz CT molecular complexity index is 542. The Labute approximate surface area is 119 Å². The molecule has 1 fully saturated rings. The molecule has 0 bridgehead atoms. The molecule has 0 spiro atoms. The van der Waals surface area contributed by atoms with Gasteiger partial charge >= 0.3 is 5.97 Å². The summed E-state index contributed by atoms with van der Waals surface area (Å²) in [5, 5.41) is 9.47. The number of aliphatic carboxylic acids is 1. The Balaban J connectivity index is 2.56. The minimum absolute atomic E-state index is 0.0203. The van der Waals surface area contributed by atoms with Crippen molar-refractivity contribution in [2.24, 2.45) is 5.92 Å². The third-order valence-corrected chi connectivity index (χ3v) is 4.21. The van der Waals surface area contributed by atoms with Crippen molar-refractivity contribution in [3.8, 4) is 0 Å². The van der Waals surface area contributed by atoms with Crippen LogP contribution in [0, 0.1) is 26.7 Å². The van der Waals surface area contributed by atoms with Crippen LogP contribution in [0.5, 0.6) is 0 Å².